The molecule has 0 spiro atoms. The van der Waals surface area contributed by atoms with E-state index in [0.29, 0.717) is 43.4 Å². The molecule has 2 atom stereocenters. The Kier molecular flexibility index (Phi) is 15.2. The average Bonchev–Trinajstić information content (AvgIpc) is 2.89. The van der Waals surface area contributed by atoms with Gasteiger partial charge in [-0.05, 0) is 50.4 Å². The maximum atomic E-state index is 13.5. The normalized spacial score (nSPS) is 22.0. The van der Waals surface area contributed by atoms with E-state index in [2.05, 4.69) is 37.9 Å². The predicted octanol–water partition coefficient (Wildman–Crippen LogP) is 8.59. The van der Waals surface area contributed by atoms with Gasteiger partial charge in [0.1, 0.15) is 5.28 Å². The van der Waals surface area contributed by atoms with Crippen molar-refractivity contribution in [2.24, 2.45) is 11.8 Å². The second kappa shape index (κ2) is 16.9. The Morgan fingerprint density at radius 3 is 1.53 bits per heavy atom. The third kappa shape index (κ3) is 9.99. The second-order valence-electron chi connectivity index (χ2n) is 12.2. The summed E-state index contributed by atoms with van der Waals surface area (Å²) in [6.45, 7) is 9.47. The zero-order valence-electron chi connectivity index (χ0n) is 24.4. The first kappa shape index (κ1) is 32.3. The van der Waals surface area contributed by atoms with Gasteiger partial charge >= 0.3 is 7.60 Å². The van der Waals surface area contributed by atoms with Gasteiger partial charge in [0.05, 0.1) is 0 Å². The van der Waals surface area contributed by atoms with Gasteiger partial charge in [-0.15, -0.1) is 0 Å². The Hall–Kier alpha value is 0.0700. The van der Waals surface area contributed by atoms with Gasteiger partial charge in [0.15, 0.2) is 0 Å². The zero-order chi connectivity index (χ0) is 26.4. The molecule has 2 rings (SSSR count). The minimum Gasteiger partial charge on any atom is -0.323 e. The molecule has 2 aliphatic carbocycles. The number of rotatable bonds is 18. The summed E-state index contributed by atoms with van der Waals surface area (Å²) in [6.07, 6.45) is 22.7. The van der Waals surface area contributed by atoms with Gasteiger partial charge in [-0.3, -0.25) is 14.8 Å². The summed E-state index contributed by atoms with van der Waals surface area (Å²) >= 11 is 0. The Labute approximate surface area is 224 Å². The summed E-state index contributed by atoms with van der Waals surface area (Å²) in [4.78, 5) is 24.7. The zero-order valence-corrected chi connectivity index (χ0v) is 25.3. The van der Waals surface area contributed by atoms with Gasteiger partial charge in [-0.2, -0.15) is 0 Å². The van der Waals surface area contributed by atoms with Crippen LogP contribution in [0, 0.1) is 11.8 Å². The monoisotopic (exact) mass is 528 g/mol. The quantitative estimate of drug-likeness (QED) is 0.123. The lowest BCUT2D eigenvalue weighted by Crippen LogP contribution is -2.56. The summed E-state index contributed by atoms with van der Waals surface area (Å²) < 4.78 is 13.5. The van der Waals surface area contributed by atoms with Gasteiger partial charge < -0.3 is 9.79 Å². The highest BCUT2D eigenvalue weighted by atomic mass is 31.2. The molecule has 5 nitrogen and oxygen atoms in total. The summed E-state index contributed by atoms with van der Waals surface area (Å²) in [5.74, 6) is 0.707. The molecule has 0 bridgehead atoms. The Bertz CT molecular complexity index is 577. The number of nitrogens with one attached hydrogen (secondary N) is 1. The number of unbranched alkanes of at least 4 members (excludes halogenated alkanes) is 2. The predicted molar refractivity (Wildman–Crippen MR) is 154 cm³/mol. The van der Waals surface area contributed by atoms with Crippen LogP contribution in [0.15, 0.2) is 0 Å². The van der Waals surface area contributed by atoms with Crippen LogP contribution in [0.25, 0.3) is 0 Å². The molecule has 0 aromatic heterocycles. The number of nitrogens with zero attached hydrogens (tertiary/aromatic N) is 1. The second-order valence-corrected chi connectivity index (χ2v) is 14.2. The molecule has 3 N–H and O–H groups in total. The van der Waals surface area contributed by atoms with Crippen LogP contribution < -0.4 is 5.32 Å². The van der Waals surface area contributed by atoms with E-state index in [9.17, 15) is 14.4 Å². The van der Waals surface area contributed by atoms with Crippen molar-refractivity contribution < 1.29 is 14.4 Å². The van der Waals surface area contributed by atoms with Crippen molar-refractivity contribution >= 4 is 7.60 Å². The standard InChI is InChI=1S/C30H61N2O3P/c1-5-9-17-26(7-3)23-30(36(33,34)35,24-27(8-4)18-10-6-2)31-25-32(28-19-13-11-14-20-28)29-21-15-12-16-22-29/h26-29,31H,5-25H2,1-4H3,(H2,33,34,35). The smallest absolute Gasteiger partial charge is 0.323 e. The van der Waals surface area contributed by atoms with Gasteiger partial charge in [0, 0.05) is 18.8 Å². The molecule has 2 unspecified atom stereocenters. The fraction of sp³-hybridized carbons (Fsp3) is 1.00. The highest BCUT2D eigenvalue weighted by molar-refractivity contribution is 7.53. The number of hydrogen-bond donors (Lipinski definition) is 3. The van der Waals surface area contributed by atoms with Crippen LogP contribution in [-0.4, -0.2) is 38.7 Å². The van der Waals surface area contributed by atoms with E-state index in [1.165, 1.54) is 64.2 Å². The molecule has 0 aromatic carbocycles. The third-order valence-corrected chi connectivity index (χ3v) is 11.2. The van der Waals surface area contributed by atoms with Crippen LogP contribution in [-0.2, 0) is 4.57 Å². The molecule has 0 aliphatic heterocycles. The molecule has 0 saturated heterocycles. The minimum atomic E-state index is -4.38. The molecular formula is C30H61N2O3P. The first-order valence-corrected chi connectivity index (χ1v) is 17.5. The minimum absolute atomic E-state index is 0.353. The van der Waals surface area contributed by atoms with E-state index < -0.39 is 12.9 Å². The van der Waals surface area contributed by atoms with Crippen molar-refractivity contribution in [3.05, 3.63) is 0 Å². The molecule has 0 heterocycles. The van der Waals surface area contributed by atoms with Crippen LogP contribution in [0.5, 0.6) is 0 Å². The van der Waals surface area contributed by atoms with E-state index in [0.717, 1.165) is 51.4 Å². The van der Waals surface area contributed by atoms with Crippen molar-refractivity contribution in [2.75, 3.05) is 6.67 Å². The lowest BCUT2D eigenvalue weighted by Gasteiger charge is -2.46. The van der Waals surface area contributed by atoms with Crippen LogP contribution >= 0.6 is 7.60 Å². The van der Waals surface area contributed by atoms with Crippen LogP contribution in [0.3, 0.4) is 0 Å². The lowest BCUT2D eigenvalue weighted by molar-refractivity contribution is 0.0578. The van der Waals surface area contributed by atoms with E-state index in [1.54, 1.807) is 0 Å². The largest absolute Gasteiger partial charge is 0.345 e. The molecule has 214 valence electrons. The Balaban J connectivity index is 2.34. The molecule has 2 saturated carbocycles. The van der Waals surface area contributed by atoms with Gasteiger partial charge in [-0.1, -0.05) is 118 Å². The molecule has 0 aromatic rings. The Morgan fingerprint density at radius 2 is 1.19 bits per heavy atom. The molecule has 0 amide bonds. The van der Waals surface area contributed by atoms with Gasteiger partial charge in [-0.25, -0.2) is 0 Å². The number of hydrogen-bond acceptors (Lipinski definition) is 3. The highest BCUT2D eigenvalue weighted by Crippen LogP contribution is 2.56. The van der Waals surface area contributed by atoms with E-state index in [1.807, 2.05) is 0 Å². The third-order valence-electron chi connectivity index (χ3n) is 9.57. The summed E-state index contributed by atoms with van der Waals surface area (Å²) in [7, 11) is -4.38. The average molecular weight is 529 g/mol. The van der Waals surface area contributed by atoms with Crippen molar-refractivity contribution in [3.63, 3.8) is 0 Å². The molecular weight excluding hydrogens is 467 g/mol. The van der Waals surface area contributed by atoms with Crippen molar-refractivity contribution in [1.82, 2.24) is 10.2 Å². The fourth-order valence-electron chi connectivity index (χ4n) is 7.03. The van der Waals surface area contributed by atoms with E-state index in [-0.39, 0.29) is 0 Å². The van der Waals surface area contributed by atoms with Crippen LogP contribution in [0.2, 0.25) is 0 Å². The maximum Gasteiger partial charge on any atom is 0.345 e. The first-order chi connectivity index (χ1) is 17.3. The van der Waals surface area contributed by atoms with Crippen LogP contribution in [0.4, 0.5) is 0 Å². The summed E-state index contributed by atoms with van der Waals surface area (Å²) in [5, 5.41) is 2.60. The van der Waals surface area contributed by atoms with Crippen molar-refractivity contribution in [3.8, 4) is 0 Å². The van der Waals surface area contributed by atoms with Gasteiger partial charge in [0.25, 0.3) is 0 Å². The summed E-state index contributed by atoms with van der Waals surface area (Å²) in [5.41, 5.74) is 0. The Morgan fingerprint density at radius 1 is 0.778 bits per heavy atom. The first-order valence-electron chi connectivity index (χ1n) is 15.9. The van der Waals surface area contributed by atoms with Crippen molar-refractivity contribution in [1.29, 1.82) is 0 Å². The lowest BCUT2D eigenvalue weighted by atomic mass is 9.84. The highest BCUT2D eigenvalue weighted by Gasteiger charge is 2.49. The topological polar surface area (TPSA) is 72.8 Å². The van der Waals surface area contributed by atoms with Crippen LogP contribution in [0.1, 0.15) is 156 Å². The van der Waals surface area contributed by atoms with E-state index in [4.69, 9.17) is 0 Å². The van der Waals surface area contributed by atoms with E-state index >= 15 is 0 Å². The van der Waals surface area contributed by atoms with Crippen molar-refractivity contribution in [2.45, 2.75) is 173 Å². The molecule has 6 heteroatoms. The SMILES string of the molecule is CCCCC(CC)CC(CC(CC)CCCC)(NCN(C1CCCCC1)C1CCCCC1)P(=O)(O)O. The maximum absolute atomic E-state index is 13.5. The molecule has 0 radical (unpaired) electrons. The molecule has 36 heavy (non-hydrogen) atoms. The molecule has 2 aliphatic rings. The molecule has 2 fully saturated rings. The fourth-order valence-corrected chi connectivity index (χ4v) is 8.30. The van der Waals surface area contributed by atoms with Gasteiger partial charge in [0.2, 0.25) is 0 Å². The summed E-state index contributed by atoms with van der Waals surface area (Å²) in [6, 6.07) is 1.13.